The molecule has 0 heterocycles. The first kappa shape index (κ1) is 15.4. The summed E-state index contributed by atoms with van der Waals surface area (Å²) < 4.78 is 0. The molecule has 1 nitrogen and oxygen atoms in total. The minimum Gasteiger partial charge on any atom is -0.393 e. The van der Waals surface area contributed by atoms with E-state index >= 15 is 0 Å². The molecule has 0 aromatic rings. The second-order valence-electron chi connectivity index (χ2n) is 4.45. The van der Waals surface area contributed by atoms with Gasteiger partial charge in [0.25, 0.3) is 0 Å². The summed E-state index contributed by atoms with van der Waals surface area (Å²) in [5.74, 6) is 0. The van der Waals surface area contributed by atoms with Gasteiger partial charge >= 0.3 is 0 Å². The van der Waals surface area contributed by atoms with Crippen LogP contribution in [0.3, 0.4) is 0 Å². The third kappa shape index (κ3) is 13.4. The van der Waals surface area contributed by atoms with Crippen molar-refractivity contribution in [1.82, 2.24) is 0 Å². The molecule has 0 saturated carbocycles. The van der Waals surface area contributed by atoms with E-state index in [1.807, 2.05) is 6.92 Å². The van der Waals surface area contributed by atoms with Crippen LogP contribution >= 0.6 is 0 Å². The third-order valence-corrected chi connectivity index (χ3v) is 2.55. The Hall–Kier alpha value is -0.560. The SMILES string of the molecule is CCC/C=C\C/C=C\CCCCCC(C)O. The Morgan fingerprint density at radius 2 is 1.62 bits per heavy atom. The summed E-state index contributed by atoms with van der Waals surface area (Å²) in [5, 5.41) is 9.07. The van der Waals surface area contributed by atoms with Crippen LogP contribution in [0.2, 0.25) is 0 Å². The topological polar surface area (TPSA) is 20.2 Å². The summed E-state index contributed by atoms with van der Waals surface area (Å²) in [4.78, 5) is 0. The van der Waals surface area contributed by atoms with Gasteiger partial charge in [0, 0.05) is 0 Å². The highest BCUT2D eigenvalue weighted by Crippen LogP contribution is 2.06. The second kappa shape index (κ2) is 12.5. The van der Waals surface area contributed by atoms with Crippen LogP contribution in [0.15, 0.2) is 24.3 Å². The van der Waals surface area contributed by atoms with E-state index < -0.39 is 0 Å². The molecular formula is C15H28O. The number of aliphatic hydroxyl groups excluding tert-OH is 1. The quantitative estimate of drug-likeness (QED) is 0.424. The van der Waals surface area contributed by atoms with Crippen LogP contribution in [-0.4, -0.2) is 11.2 Å². The number of allylic oxidation sites excluding steroid dienone is 4. The molecule has 0 amide bonds. The van der Waals surface area contributed by atoms with Gasteiger partial charge in [-0.1, -0.05) is 50.5 Å². The van der Waals surface area contributed by atoms with Crippen molar-refractivity contribution in [3.63, 3.8) is 0 Å². The van der Waals surface area contributed by atoms with E-state index in [1.54, 1.807) is 0 Å². The van der Waals surface area contributed by atoms with Gasteiger partial charge in [-0.3, -0.25) is 0 Å². The Morgan fingerprint density at radius 3 is 2.25 bits per heavy atom. The standard InChI is InChI=1S/C15H28O/c1-3-4-5-6-7-8-9-10-11-12-13-14-15(2)16/h5-6,8-9,15-16H,3-4,7,10-14H2,1-2H3/b6-5-,9-8-. The van der Waals surface area contributed by atoms with Gasteiger partial charge in [-0.15, -0.1) is 0 Å². The first-order chi connectivity index (χ1) is 7.77. The van der Waals surface area contributed by atoms with Crippen LogP contribution < -0.4 is 0 Å². The zero-order valence-electron chi connectivity index (χ0n) is 11.0. The minimum absolute atomic E-state index is 0.126. The molecule has 0 bridgehead atoms. The second-order valence-corrected chi connectivity index (χ2v) is 4.45. The summed E-state index contributed by atoms with van der Waals surface area (Å²) in [6, 6.07) is 0. The predicted molar refractivity (Wildman–Crippen MR) is 72.6 cm³/mol. The van der Waals surface area contributed by atoms with E-state index in [9.17, 15) is 0 Å². The molecule has 0 rings (SSSR count). The summed E-state index contributed by atoms with van der Waals surface area (Å²) in [7, 11) is 0. The molecule has 0 aliphatic heterocycles. The largest absolute Gasteiger partial charge is 0.393 e. The lowest BCUT2D eigenvalue weighted by Gasteiger charge is -2.01. The van der Waals surface area contributed by atoms with Gasteiger partial charge in [0.1, 0.15) is 0 Å². The van der Waals surface area contributed by atoms with Gasteiger partial charge in [-0.25, -0.2) is 0 Å². The van der Waals surface area contributed by atoms with Crippen LogP contribution in [0.5, 0.6) is 0 Å². The van der Waals surface area contributed by atoms with Gasteiger partial charge in [-0.2, -0.15) is 0 Å². The Morgan fingerprint density at radius 1 is 0.938 bits per heavy atom. The average Bonchev–Trinajstić information content (AvgIpc) is 2.25. The zero-order valence-corrected chi connectivity index (χ0v) is 11.0. The number of hydrogen-bond donors (Lipinski definition) is 1. The van der Waals surface area contributed by atoms with Crippen molar-refractivity contribution in [3.8, 4) is 0 Å². The van der Waals surface area contributed by atoms with Gasteiger partial charge < -0.3 is 5.11 Å². The van der Waals surface area contributed by atoms with Crippen molar-refractivity contribution in [2.24, 2.45) is 0 Å². The van der Waals surface area contributed by atoms with Gasteiger partial charge in [0.2, 0.25) is 0 Å². The minimum atomic E-state index is -0.126. The van der Waals surface area contributed by atoms with Gasteiger partial charge in [0.05, 0.1) is 6.10 Å². The molecule has 0 aliphatic rings. The van der Waals surface area contributed by atoms with E-state index in [0.29, 0.717) is 0 Å². The maximum absolute atomic E-state index is 9.07. The summed E-state index contributed by atoms with van der Waals surface area (Å²) >= 11 is 0. The van der Waals surface area contributed by atoms with Gasteiger partial charge in [-0.05, 0) is 39.0 Å². The molecule has 0 fully saturated rings. The Labute approximate surface area is 101 Å². The van der Waals surface area contributed by atoms with Crippen LogP contribution in [0, 0.1) is 0 Å². The summed E-state index contributed by atoms with van der Waals surface area (Å²) in [6.45, 7) is 4.07. The Balaban J connectivity index is 3.15. The summed E-state index contributed by atoms with van der Waals surface area (Å²) in [5.41, 5.74) is 0. The first-order valence-electron chi connectivity index (χ1n) is 6.75. The predicted octanol–water partition coefficient (Wildman–Crippen LogP) is 4.62. The average molecular weight is 224 g/mol. The Bertz CT molecular complexity index is 180. The fraction of sp³-hybridized carbons (Fsp3) is 0.733. The molecule has 16 heavy (non-hydrogen) atoms. The fourth-order valence-corrected chi connectivity index (χ4v) is 1.55. The van der Waals surface area contributed by atoms with Crippen molar-refractivity contribution in [2.75, 3.05) is 0 Å². The van der Waals surface area contributed by atoms with E-state index in [0.717, 1.165) is 19.3 Å². The molecule has 1 atom stereocenters. The van der Waals surface area contributed by atoms with Crippen LogP contribution in [0.1, 0.15) is 65.2 Å². The van der Waals surface area contributed by atoms with Crippen molar-refractivity contribution in [1.29, 1.82) is 0 Å². The zero-order chi connectivity index (χ0) is 12.1. The Kier molecular flexibility index (Phi) is 12.1. The number of unbranched alkanes of at least 4 members (excludes halogenated alkanes) is 4. The molecule has 1 heteroatoms. The van der Waals surface area contributed by atoms with E-state index in [-0.39, 0.29) is 6.10 Å². The van der Waals surface area contributed by atoms with E-state index in [2.05, 4.69) is 31.2 Å². The van der Waals surface area contributed by atoms with Gasteiger partial charge in [0.15, 0.2) is 0 Å². The fourth-order valence-electron chi connectivity index (χ4n) is 1.55. The molecule has 1 unspecified atom stereocenters. The molecule has 0 aromatic carbocycles. The maximum Gasteiger partial charge on any atom is 0.0512 e. The van der Waals surface area contributed by atoms with Crippen LogP contribution in [0.4, 0.5) is 0 Å². The molecule has 0 saturated heterocycles. The highest BCUT2D eigenvalue weighted by molar-refractivity contribution is 4.92. The number of rotatable bonds is 10. The van der Waals surface area contributed by atoms with Crippen molar-refractivity contribution in [2.45, 2.75) is 71.3 Å². The molecule has 94 valence electrons. The number of hydrogen-bond acceptors (Lipinski definition) is 1. The molecule has 0 aliphatic carbocycles. The molecule has 0 aromatic heterocycles. The normalized spacial score (nSPS) is 13.9. The lowest BCUT2D eigenvalue weighted by atomic mass is 10.1. The lowest BCUT2D eigenvalue weighted by Crippen LogP contribution is -1.97. The lowest BCUT2D eigenvalue weighted by molar-refractivity contribution is 0.180. The number of aliphatic hydroxyl groups is 1. The first-order valence-corrected chi connectivity index (χ1v) is 6.75. The van der Waals surface area contributed by atoms with E-state index in [4.69, 9.17) is 5.11 Å². The molecule has 0 radical (unpaired) electrons. The van der Waals surface area contributed by atoms with Crippen molar-refractivity contribution < 1.29 is 5.11 Å². The van der Waals surface area contributed by atoms with Crippen molar-refractivity contribution in [3.05, 3.63) is 24.3 Å². The molecule has 0 spiro atoms. The van der Waals surface area contributed by atoms with E-state index in [1.165, 1.54) is 32.1 Å². The summed E-state index contributed by atoms with van der Waals surface area (Å²) in [6.07, 6.45) is 18.2. The molecule has 1 N–H and O–H groups in total. The molecular weight excluding hydrogens is 196 g/mol. The van der Waals surface area contributed by atoms with Crippen LogP contribution in [-0.2, 0) is 0 Å². The smallest absolute Gasteiger partial charge is 0.0512 e. The highest BCUT2D eigenvalue weighted by Gasteiger charge is 1.93. The third-order valence-electron chi connectivity index (χ3n) is 2.55. The van der Waals surface area contributed by atoms with Crippen LogP contribution in [0.25, 0.3) is 0 Å². The monoisotopic (exact) mass is 224 g/mol. The van der Waals surface area contributed by atoms with Crippen molar-refractivity contribution >= 4 is 0 Å². The highest BCUT2D eigenvalue weighted by atomic mass is 16.3. The maximum atomic E-state index is 9.07.